The van der Waals surface area contributed by atoms with Gasteiger partial charge in [0.25, 0.3) is 0 Å². The number of nitrogens with zero attached hydrogens (tertiary/aromatic N) is 3. The van der Waals surface area contributed by atoms with Gasteiger partial charge in [0, 0.05) is 19.2 Å². The first kappa shape index (κ1) is 16.7. The Morgan fingerprint density at radius 2 is 2.08 bits per heavy atom. The minimum atomic E-state index is -0.152. The van der Waals surface area contributed by atoms with Gasteiger partial charge < -0.3 is 18.7 Å². The molecular formula is C17H23N3O4. The van der Waals surface area contributed by atoms with Crippen LogP contribution in [-0.2, 0) is 11.3 Å². The molecule has 7 heteroatoms. The van der Waals surface area contributed by atoms with Gasteiger partial charge in [-0.2, -0.15) is 4.98 Å². The van der Waals surface area contributed by atoms with Crippen molar-refractivity contribution in [1.29, 1.82) is 0 Å². The van der Waals surface area contributed by atoms with Crippen LogP contribution < -0.4 is 9.47 Å². The third-order valence-electron chi connectivity index (χ3n) is 3.98. The second-order valence-electron chi connectivity index (χ2n) is 6.40. The Morgan fingerprint density at radius 3 is 2.79 bits per heavy atom. The molecule has 0 aliphatic carbocycles. The largest absolute Gasteiger partial charge is 0.497 e. The van der Waals surface area contributed by atoms with Gasteiger partial charge in [-0.25, -0.2) is 0 Å². The Kier molecular flexibility index (Phi) is 4.73. The highest BCUT2D eigenvalue weighted by molar-refractivity contribution is 5.65. The Hall–Kier alpha value is -2.12. The maximum atomic E-state index is 5.72. The Labute approximate surface area is 141 Å². The molecule has 1 saturated heterocycles. The third kappa shape index (κ3) is 3.68. The van der Waals surface area contributed by atoms with E-state index in [1.807, 2.05) is 12.1 Å². The molecule has 0 radical (unpaired) electrons. The average molecular weight is 333 g/mol. The van der Waals surface area contributed by atoms with Crippen molar-refractivity contribution in [2.24, 2.45) is 0 Å². The van der Waals surface area contributed by atoms with E-state index in [0.717, 1.165) is 24.4 Å². The van der Waals surface area contributed by atoms with Crippen LogP contribution in [0.2, 0.25) is 0 Å². The molecule has 1 aliphatic heterocycles. The fourth-order valence-electron chi connectivity index (χ4n) is 2.85. The lowest BCUT2D eigenvalue weighted by atomic mass is 10.1. The van der Waals surface area contributed by atoms with Crippen LogP contribution in [0.5, 0.6) is 11.5 Å². The summed E-state index contributed by atoms with van der Waals surface area (Å²) in [7, 11) is 3.22. The Bertz CT molecular complexity index is 699. The summed E-state index contributed by atoms with van der Waals surface area (Å²) in [6.45, 7) is 7.17. The lowest BCUT2D eigenvalue weighted by Crippen LogP contribution is -2.47. The number of hydrogen-bond acceptors (Lipinski definition) is 7. The standard InChI is InChI=1S/C17H23N3O4/c1-17(2)11-20(7-8-23-17)10-15-18-16(19-24-15)13-6-5-12(21-3)9-14(13)22-4/h5-6,9H,7-8,10-11H2,1-4H3. The highest BCUT2D eigenvalue weighted by atomic mass is 16.5. The van der Waals surface area contributed by atoms with Crippen LogP contribution in [0.4, 0.5) is 0 Å². The van der Waals surface area contributed by atoms with Crippen LogP contribution in [-0.4, -0.2) is 54.6 Å². The molecule has 1 aromatic carbocycles. The molecule has 1 aromatic heterocycles. The van der Waals surface area contributed by atoms with E-state index >= 15 is 0 Å². The Balaban J connectivity index is 1.76. The number of hydrogen-bond donors (Lipinski definition) is 0. The van der Waals surface area contributed by atoms with Crippen LogP contribution in [0.15, 0.2) is 22.7 Å². The molecular weight excluding hydrogens is 310 g/mol. The fourth-order valence-corrected chi connectivity index (χ4v) is 2.85. The molecule has 1 fully saturated rings. The first-order valence-electron chi connectivity index (χ1n) is 7.92. The summed E-state index contributed by atoms with van der Waals surface area (Å²) in [5, 5.41) is 4.09. The topological polar surface area (TPSA) is 69.9 Å². The van der Waals surface area contributed by atoms with Gasteiger partial charge in [-0.05, 0) is 26.0 Å². The van der Waals surface area contributed by atoms with Crippen LogP contribution in [0.3, 0.4) is 0 Å². The lowest BCUT2D eigenvalue weighted by Gasteiger charge is -2.37. The van der Waals surface area contributed by atoms with Gasteiger partial charge in [0.05, 0.1) is 38.5 Å². The molecule has 0 bridgehead atoms. The smallest absolute Gasteiger partial charge is 0.241 e. The van der Waals surface area contributed by atoms with Gasteiger partial charge in [-0.1, -0.05) is 5.16 Å². The summed E-state index contributed by atoms with van der Waals surface area (Å²) in [6.07, 6.45) is 0. The quantitative estimate of drug-likeness (QED) is 0.832. The molecule has 2 aromatic rings. The zero-order valence-corrected chi connectivity index (χ0v) is 14.5. The first-order valence-corrected chi connectivity index (χ1v) is 7.92. The second kappa shape index (κ2) is 6.78. The van der Waals surface area contributed by atoms with E-state index < -0.39 is 0 Å². The van der Waals surface area contributed by atoms with Crippen molar-refractivity contribution in [3.05, 3.63) is 24.1 Å². The van der Waals surface area contributed by atoms with E-state index in [0.29, 0.717) is 30.6 Å². The van der Waals surface area contributed by atoms with Crippen molar-refractivity contribution in [3.63, 3.8) is 0 Å². The molecule has 2 heterocycles. The molecule has 0 N–H and O–H groups in total. The van der Waals surface area contributed by atoms with Crippen molar-refractivity contribution in [2.75, 3.05) is 33.9 Å². The van der Waals surface area contributed by atoms with Gasteiger partial charge in [0.1, 0.15) is 11.5 Å². The number of benzene rings is 1. The number of rotatable bonds is 5. The molecule has 1 aliphatic rings. The normalized spacial score (nSPS) is 17.7. The van der Waals surface area contributed by atoms with Crippen LogP contribution >= 0.6 is 0 Å². The van der Waals surface area contributed by atoms with Gasteiger partial charge >= 0.3 is 0 Å². The Morgan fingerprint density at radius 1 is 1.25 bits per heavy atom. The van der Waals surface area contributed by atoms with Crippen molar-refractivity contribution in [3.8, 4) is 22.9 Å². The van der Waals surface area contributed by atoms with E-state index in [-0.39, 0.29) is 5.60 Å². The highest BCUT2D eigenvalue weighted by Gasteiger charge is 2.28. The molecule has 0 atom stereocenters. The van der Waals surface area contributed by atoms with E-state index in [2.05, 4.69) is 28.9 Å². The predicted molar refractivity (Wildman–Crippen MR) is 88.1 cm³/mol. The summed E-state index contributed by atoms with van der Waals surface area (Å²) in [5.74, 6) is 2.46. The van der Waals surface area contributed by atoms with Gasteiger partial charge in [-0.15, -0.1) is 0 Å². The lowest BCUT2D eigenvalue weighted by molar-refractivity contribution is -0.0900. The molecule has 3 rings (SSSR count). The second-order valence-corrected chi connectivity index (χ2v) is 6.40. The first-order chi connectivity index (χ1) is 11.5. The summed E-state index contributed by atoms with van der Waals surface area (Å²) in [5.41, 5.74) is 0.621. The van der Waals surface area contributed by atoms with Crippen LogP contribution in [0, 0.1) is 0 Å². The number of morpholine rings is 1. The fraction of sp³-hybridized carbons (Fsp3) is 0.529. The number of methoxy groups -OCH3 is 2. The maximum Gasteiger partial charge on any atom is 0.241 e. The monoisotopic (exact) mass is 333 g/mol. The van der Waals surface area contributed by atoms with Crippen LogP contribution in [0.25, 0.3) is 11.4 Å². The number of aromatic nitrogens is 2. The van der Waals surface area contributed by atoms with Crippen molar-refractivity contribution < 1.29 is 18.7 Å². The van der Waals surface area contributed by atoms with Crippen molar-refractivity contribution in [2.45, 2.75) is 26.0 Å². The van der Waals surface area contributed by atoms with E-state index in [1.54, 1.807) is 20.3 Å². The summed E-state index contributed by atoms with van der Waals surface area (Å²) in [6, 6.07) is 5.51. The zero-order valence-electron chi connectivity index (χ0n) is 14.5. The summed E-state index contributed by atoms with van der Waals surface area (Å²) >= 11 is 0. The average Bonchev–Trinajstić information content (AvgIpc) is 3.01. The summed E-state index contributed by atoms with van der Waals surface area (Å²) in [4.78, 5) is 6.76. The minimum Gasteiger partial charge on any atom is -0.497 e. The van der Waals surface area contributed by atoms with Gasteiger partial charge in [0.2, 0.25) is 11.7 Å². The third-order valence-corrected chi connectivity index (χ3v) is 3.98. The molecule has 7 nitrogen and oxygen atoms in total. The number of ether oxygens (including phenoxy) is 3. The maximum absolute atomic E-state index is 5.72. The molecule has 130 valence electrons. The van der Waals surface area contributed by atoms with E-state index in [9.17, 15) is 0 Å². The van der Waals surface area contributed by atoms with Crippen molar-refractivity contribution >= 4 is 0 Å². The molecule has 0 unspecified atom stereocenters. The SMILES string of the molecule is COc1ccc(-c2noc(CN3CCOC(C)(C)C3)n2)c(OC)c1. The highest BCUT2D eigenvalue weighted by Crippen LogP contribution is 2.31. The van der Waals surface area contributed by atoms with E-state index in [1.165, 1.54) is 0 Å². The van der Waals surface area contributed by atoms with Gasteiger partial charge in [0.15, 0.2) is 0 Å². The predicted octanol–water partition coefficient (Wildman–Crippen LogP) is 2.36. The molecule has 0 saturated carbocycles. The molecule has 24 heavy (non-hydrogen) atoms. The summed E-state index contributed by atoms with van der Waals surface area (Å²) < 4.78 is 21.7. The molecule has 0 amide bonds. The van der Waals surface area contributed by atoms with Crippen LogP contribution in [0.1, 0.15) is 19.7 Å². The minimum absolute atomic E-state index is 0.152. The molecule has 0 spiro atoms. The van der Waals surface area contributed by atoms with Gasteiger partial charge in [-0.3, -0.25) is 4.90 Å². The van der Waals surface area contributed by atoms with Crippen molar-refractivity contribution in [1.82, 2.24) is 15.0 Å². The van der Waals surface area contributed by atoms with E-state index in [4.69, 9.17) is 18.7 Å². The zero-order chi connectivity index (χ0) is 17.2.